The van der Waals surface area contributed by atoms with Gasteiger partial charge in [-0.15, -0.1) is 0 Å². The zero-order valence-corrected chi connectivity index (χ0v) is 14.0. The van der Waals surface area contributed by atoms with Gasteiger partial charge in [-0.1, -0.05) is 51.1 Å². The monoisotopic (exact) mass is 277 g/mol. The molecule has 0 bridgehead atoms. The van der Waals surface area contributed by atoms with E-state index in [0.29, 0.717) is 17.1 Å². The van der Waals surface area contributed by atoms with Crippen molar-refractivity contribution in [1.29, 1.82) is 0 Å². The second-order valence-electron chi connectivity index (χ2n) is 6.81. The van der Waals surface area contributed by atoms with Crippen molar-refractivity contribution < 1.29 is 4.43 Å². The Bertz CT molecular complexity index is 401. The molecule has 0 aliphatic carbocycles. The molecular weight excluding hydrogens is 250 g/mol. The largest absolute Gasteiger partial charge is 0.418 e. The first-order chi connectivity index (χ1) is 8.89. The molecule has 1 aliphatic heterocycles. The summed E-state index contributed by atoms with van der Waals surface area (Å²) in [4.78, 5) is 2.53. The molecule has 1 fully saturated rings. The van der Waals surface area contributed by atoms with Gasteiger partial charge in [-0.2, -0.15) is 0 Å². The minimum absolute atomic E-state index is 0.363. The molecule has 1 saturated heterocycles. The van der Waals surface area contributed by atoms with Gasteiger partial charge in [-0.25, -0.2) is 0 Å². The Morgan fingerprint density at radius 1 is 1.21 bits per heavy atom. The number of nitrogens with zero attached hydrogens (tertiary/aromatic N) is 1. The summed E-state index contributed by atoms with van der Waals surface area (Å²) in [5.74, 6) is 0. The summed E-state index contributed by atoms with van der Waals surface area (Å²) in [7, 11) is -1.07. The van der Waals surface area contributed by atoms with Gasteiger partial charge in [0, 0.05) is 18.6 Å². The van der Waals surface area contributed by atoms with Gasteiger partial charge < -0.3 is 4.43 Å². The lowest BCUT2D eigenvalue weighted by molar-refractivity contribution is 0.283. The lowest BCUT2D eigenvalue weighted by atomic mass is 10.2. The topological polar surface area (TPSA) is 12.2 Å². The minimum atomic E-state index is -1.07. The average molecular weight is 277 g/mol. The van der Waals surface area contributed by atoms with E-state index in [1.165, 1.54) is 5.56 Å². The van der Waals surface area contributed by atoms with Crippen molar-refractivity contribution in [2.45, 2.75) is 57.9 Å². The predicted octanol–water partition coefficient (Wildman–Crippen LogP) is 3.43. The fraction of sp³-hybridized carbons (Fsp3) is 0.625. The standard InChI is InChI=1S/C16H27NOSi/c1-13-15(12-18-19(5)16(2,3)4)17(13)11-14-9-7-6-8-10-14/h6-10,13,15,19H,11-12H2,1-5H3/t13-,15+,17?,19?/m0/s1. The predicted molar refractivity (Wildman–Crippen MR) is 83.9 cm³/mol. The van der Waals surface area contributed by atoms with Crippen LogP contribution in [0.15, 0.2) is 30.3 Å². The van der Waals surface area contributed by atoms with Crippen LogP contribution < -0.4 is 0 Å². The molecule has 1 aromatic carbocycles. The number of hydrogen-bond donors (Lipinski definition) is 0. The van der Waals surface area contributed by atoms with Gasteiger partial charge in [0.05, 0.1) is 6.61 Å². The molecule has 0 saturated carbocycles. The van der Waals surface area contributed by atoms with Crippen LogP contribution in [0.1, 0.15) is 33.3 Å². The van der Waals surface area contributed by atoms with E-state index in [-0.39, 0.29) is 0 Å². The molecule has 0 aromatic heterocycles. The Balaban J connectivity index is 1.78. The van der Waals surface area contributed by atoms with E-state index in [0.717, 1.165) is 13.2 Å². The molecular formula is C16H27NOSi. The second-order valence-corrected chi connectivity index (χ2v) is 10.2. The third kappa shape index (κ3) is 3.91. The second kappa shape index (κ2) is 5.78. The molecule has 2 nitrogen and oxygen atoms in total. The van der Waals surface area contributed by atoms with Gasteiger partial charge in [0.1, 0.15) is 0 Å². The summed E-state index contributed by atoms with van der Waals surface area (Å²) in [5.41, 5.74) is 1.40. The summed E-state index contributed by atoms with van der Waals surface area (Å²) in [6.07, 6.45) is 0. The zero-order valence-electron chi connectivity index (χ0n) is 12.9. The van der Waals surface area contributed by atoms with Crippen LogP contribution in [0.4, 0.5) is 0 Å². The summed E-state index contributed by atoms with van der Waals surface area (Å²) in [5, 5.41) is 0.363. The highest BCUT2D eigenvalue weighted by atomic mass is 28.3. The summed E-state index contributed by atoms with van der Waals surface area (Å²) in [6.45, 7) is 13.5. The molecule has 3 heteroatoms. The maximum absolute atomic E-state index is 6.17. The number of benzene rings is 1. The molecule has 2 unspecified atom stereocenters. The first kappa shape index (κ1) is 14.8. The van der Waals surface area contributed by atoms with Gasteiger partial charge in [-0.3, -0.25) is 4.90 Å². The molecule has 2 rings (SSSR count). The van der Waals surface area contributed by atoms with Crippen molar-refractivity contribution in [3.8, 4) is 0 Å². The van der Waals surface area contributed by atoms with Gasteiger partial charge in [0.25, 0.3) is 0 Å². The van der Waals surface area contributed by atoms with Crippen LogP contribution in [0.2, 0.25) is 11.6 Å². The maximum atomic E-state index is 6.17. The molecule has 106 valence electrons. The summed E-state index contributed by atoms with van der Waals surface area (Å²) >= 11 is 0. The number of hydrogen-bond acceptors (Lipinski definition) is 2. The van der Waals surface area contributed by atoms with Gasteiger partial charge in [0.2, 0.25) is 0 Å². The molecule has 1 aliphatic rings. The van der Waals surface area contributed by atoms with E-state index in [1.807, 2.05) is 0 Å². The van der Waals surface area contributed by atoms with Crippen molar-refractivity contribution >= 4 is 9.04 Å². The zero-order chi connectivity index (χ0) is 14.0. The van der Waals surface area contributed by atoms with E-state index in [4.69, 9.17) is 4.43 Å². The molecule has 19 heavy (non-hydrogen) atoms. The van der Waals surface area contributed by atoms with Crippen LogP contribution in [0.3, 0.4) is 0 Å². The highest BCUT2D eigenvalue weighted by Gasteiger charge is 2.44. The van der Waals surface area contributed by atoms with Crippen LogP contribution in [-0.4, -0.2) is 32.6 Å². The van der Waals surface area contributed by atoms with Crippen molar-refractivity contribution in [2.24, 2.45) is 0 Å². The molecule has 0 amide bonds. The van der Waals surface area contributed by atoms with E-state index in [9.17, 15) is 0 Å². The SMILES string of the molecule is C[C@H]1[C@@H](CO[SiH](C)C(C)(C)C)N1Cc1ccccc1. The average Bonchev–Trinajstić information content (AvgIpc) is 2.96. The first-order valence-corrected chi connectivity index (χ1v) is 9.51. The molecule has 0 N–H and O–H groups in total. The fourth-order valence-electron chi connectivity index (χ4n) is 2.26. The maximum Gasteiger partial charge on any atom is 0.179 e. The number of rotatable bonds is 5. The third-order valence-corrected chi connectivity index (χ3v) is 7.49. The van der Waals surface area contributed by atoms with Crippen LogP contribution in [0.25, 0.3) is 0 Å². The third-order valence-electron chi connectivity index (χ3n) is 4.36. The first-order valence-electron chi connectivity index (χ1n) is 7.31. The highest BCUT2D eigenvalue weighted by molar-refractivity contribution is 6.53. The molecule has 1 heterocycles. The summed E-state index contributed by atoms with van der Waals surface area (Å²) in [6, 6.07) is 12.0. The van der Waals surface area contributed by atoms with E-state index >= 15 is 0 Å². The Kier molecular flexibility index (Phi) is 4.49. The van der Waals surface area contributed by atoms with Crippen LogP contribution >= 0.6 is 0 Å². The van der Waals surface area contributed by atoms with Crippen LogP contribution in [0, 0.1) is 0 Å². The molecule has 1 aromatic rings. The molecule has 0 radical (unpaired) electrons. The quantitative estimate of drug-likeness (QED) is 0.604. The smallest absolute Gasteiger partial charge is 0.179 e. The molecule has 0 spiro atoms. The molecule has 4 atom stereocenters. The van der Waals surface area contributed by atoms with Crippen molar-refractivity contribution in [3.05, 3.63) is 35.9 Å². The van der Waals surface area contributed by atoms with Crippen molar-refractivity contribution in [3.63, 3.8) is 0 Å². The lowest BCUT2D eigenvalue weighted by Crippen LogP contribution is -2.28. The van der Waals surface area contributed by atoms with Gasteiger partial charge >= 0.3 is 0 Å². The van der Waals surface area contributed by atoms with Crippen molar-refractivity contribution in [2.75, 3.05) is 6.61 Å². The van der Waals surface area contributed by atoms with Crippen LogP contribution in [-0.2, 0) is 11.0 Å². The normalized spacial score (nSPS) is 28.2. The van der Waals surface area contributed by atoms with E-state index in [2.05, 4.69) is 69.5 Å². The van der Waals surface area contributed by atoms with Gasteiger partial charge in [-0.05, 0) is 24.1 Å². The Morgan fingerprint density at radius 3 is 2.42 bits per heavy atom. The lowest BCUT2D eigenvalue weighted by Gasteiger charge is -2.25. The van der Waals surface area contributed by atoms with Gasteiger partial charge in [0.15, 0.2) is 9.04 Å². The Morgan fingerprint density at radius 2 is 1.84 bits per heavy atom. The Hall–Kier alpha value is -0.643. The summed E-state index contributed by atoms with van der Waals surface area (Å²) < 4.78 is 6.17. The Labute approximate surface area is 119 Å². The van der Waals surface area contributed by atoms with E-state index < -0.39 is 9.04 Å². The van der Waals surface area contributed by atoms with E-state index in [1.54, 1.807) is 0 Å². The minimum Gasteiger partial charge on any atom is -0.418 e. The highest BCUT2D eigenvalue weighted by Crippen LogP contribution is 2.32. The van der Waals surface area contributed by atoms with Crippen molar-refractivity contribution in [1.82, 2.24) is 4.90 Å². The van der Waals surface area contributed by atoms with Crippen LogP contribution in [0.5, 0.6) is 0 Å². The fourth-order valence-corrected chi connectivity index (χ4v) is 3.25.